The summed E-state index contributed by atoms with van der Waals surface area (Å²) >= 11 is 0. The van der Waals surface area contributed by atoms with Gasteiger partial charge in [-0.15, -0.1) is 0 Å². The van der Waals surface area contributed by atoms with Crippen molar-refractivity contribution in [1.29, 1.82) is 0 Å². The predicted molar refractivity (Wildman–Crippen MR) is 42.6 cm³/mol. The lowest BCUT2D eigenvalue weighted by Gasteiger charge is -2.13. The summed E-state index contributed by atoms with van der Waals surface area (Å²) in [5.74, 6) is 0.523. The van der Waals surface area contributed by atoms with Gasteiger partial charge in [0, 0.05) is 7.11 Å². The molecule has 2 atom stereocenters. The molecule has 0 aromatic heterocycles. The van der Waals surface area contributed by atoms with Gasteiger partial charge >= 0.3 is 5.97 Å². The molecule has 0 aromatic carbocycles. The van der Waals surface area contributed by atoms with E-state index in [4.69, 9.17) is 9.47 Å². The molecule has 0 amide bonds. The van der Waals surface area contributed by atoms with Crippen molar-refractivity contribution in [3.63, 3.8) is 0 Å². The third-order valence-electron chi connectivity index (χ3n) is 3.09. The molecule has 12 heavy (non-hydrogen) atoms. The van der Waals surface area contributed by atoms with E-state index in [2.05, 4.69) is 0 Å². The summed E-state index contributed by atoms with van der Waals surface area (Å²) in [7, 11) is 3.13. The Bertz CT molecular complexity index is 210. The summed E-state index contributed by atoms with van der Waals surface area (Å²) in [5.41, 5.74) is -0.132. The van der Waals surface area contributed by atoms with Crippen LogP contribution in [0.1, 0.15) is 19.3 Å². The molecule has 2 fully saturated rings. The highest BCUT2D eigenvalue weighted by Gasteiger charge is 2.66. The molecule has 0 spiro atoms. The van der Waals surface area contributed by atoms with Gasteiger partial charge < -0.3 is 9.47 Å². The van der Waals surface area contributed by atoms with E-state index in [1.807, 2.05) is 0 Å². The van der Waals surface area contributed by atoms with Gasteiger partial charge in [0.2, 0.25) is 0 Å². The molecule has 0 N–H and O–H groups in total. The van der Waals surface area contributed by atoms with Gasteiger partial charge in [-0.25, -0.2) is 0 Å². The Morgan fingerprint density at radius 1 is 1.42 bits per heavy atom. The maximum Gasteiger partial charge on any atom is 0.311 e. The van der Waals surface area contributed by atoms with E-state index in [-0.39, 0.29) is 17.5 Å². The Hall–Kier alpha value is -0.570. The molecule has 0 radical (unpaired) electrons. The van der Waals surface area contributed by atoms with E-state index >= 15 is 0 Å². The summed E-state index contributed by atoms with van der Waals surface area (Å²) in [5, 5.41) is 0. The first-order valence-electron chi connectivity index (χ1n) is 4.37. The van der Waals surface area contributed by atoms with Crippen molar-refractivity contribution in [2.24, 2.45) is 11.8 Å². The van der Waals surface area contributed by atoms with E-state index in [0.717, 1.165) is 6.42 Å². The fourth-order valence-corrected chi connectivity index (χ4v) is 2.10. The quantitative estimate of drug-likeness (QED) is 0.592. The highest BCUT2D eigenvalue weighted by molar-refractivity contribution is 5.78. The van der Waals surface area contributed by atoms with Crippen molar-refractivity contribution in [2.45, 2.75) is 24.9 Å². The van der Waals surface area contributed by atoms with Crippen molar-refractivity contribution < 1.29 is 14.3 Å². The van der Waals surface area contributed by atoms with Crippen LogP contribution < -0.4 is 0 Å². The number of carbonyl (C=O) groups excluding carboxylic acids is 1. The molecule has 2 aliphatic rings. The number of ether oxygens (including phenoxy) is 2. The van der Waals surface area contributed by atoms with Gasteiger partial charge in [-0.2, -0.15) is 0 Å². The van der Waals surface area contributed by atoms with Gasteiger partial charge in [0.05, 0.1) is 18.6 Å². The van der Waals surface area contributed by atoms with Crippen molar-refractivity contribution in [3.8, 4) is 0 Å². The molecule has 0 heterocycles. The largest absolute Gasteiger partial charge is 0.469 e. The molecule has 2 aliphatic carbocycles. The average molecular weight is 170 g/mol. The van der Waals surface area contributed by atoms with Crippen molar-refractivity contribution in [3.05, 3.63) is 0 Å². The van der Waals surface area contributed by atoms with Gasteiger partial charge in [0.25, 0.3) is 0 Å². The average Bonchev–Trinajstić information content (AvgIpc) is 2.93. The van der Waals surface area contributed by atoms with Crippen LogP contribution in [-0.4, -0.2) is 25.8 Å². The summed E-state index contributed by atoms with van der Waals surface area (Å²) < 4.78 is 10.1. The first-order chi connectivity index (χ1) is 5.74. The van der Waals surface area contributed by atoms with E-state index < -0.39 is 0 Å². The highest BCUT2D eigenvalue weighted by atomic mass is 16.5. The zero-order valence-corrected chi connectivity index (χ0v) is 7.50. The second kappa shape index (κ2) is 2.46. The molecule has 3 heteroatoms. The van der Waals surface area contributed by atoms with E-state index in [1.165, 1.54) is 20.0 Å². The Labute approximate surface area is 72.0 Å². The second-order valence-electron chi connectivity index (χ2n) is 3.71. The van der Waals surface area contributed by atoms with E-state index in [1.54, 1.807) is 7.11 Å². The van der Waals surface area contributed by atoms with Crippen molar-refractivity contribution >= 4 is 5.97 Å². The minimum absolute atomic E-state index is 0.0139. The van der Waals surface area contributed by atoms with Gasteiger partial charge in [0.15, 0.2) is 0 Å². The maximum absolute atomic E-state index is 11.2. The fourth-order valence-electron chi connectivity index (χ4n) is 2.10. The first kappa shape index (κ1) is 8.05. The molecule has 0 saturated heterocycles. The predicted octanol–water partition coefficient (Wildman–Crippen LogP) is 0.974. The number of hydrogen-bond donors (Lipinski definition) is 0. The molecule has 3 nitrogen and oxygen atoms in total. The Balaban J connectivity index is 2.01. The number of hydrogen-bond acceptors (Lipinski definition) is 3. The topological polar surface area (TPSA) is 35.5 Å². The molecular formula is C9H14O3. The van der Waals surface area contributed by atoms with Crippen molar-refractivity contribution in [1.82, 2.24) is 0 Å². The molecule has 0 aromatic rings. The number of carbonyl (C=O) groups is 1. The minimum Gasteiger partial charge on any atom is -0.469 e. The van der Waals surface area contributed by atoms with E-state index in [0.29, 0.717) is 5.92 Å². The number of esters is 1. The third kappa shape index (κ3) is 0.959. The minimum atomic E-state index is -0.132. The molecular weight excluding hydrogens is 156 g/mol. The van der Waals surface area contributed by atoms with Crippen molar-refractivity contribution in [2.75, 3.05) is 14.2 Å². The SMILES string of the molecule is COC(=O)[C@H]1C[C@]1(OC)C1CC1. The van der Waals surface area contributed by atoms with Crippen LogP contribution in [-0.2, 0) is 14.3 Å². The zero-order valence-electron chi connectivity index (χ0n) is 7.50. The van der Waals surface area contributed by atoms with Crippen LogP contribution in [0.15, 0.2) is 0 Å². The molecule has 0 unspecified atom stereocenters. The third-order valence-corrected chi connectivity index (χ3v) is 3.09. The Kier molecular flexibility index (Phi) is 1.65. The van der Waals surface area contributed by atoms with Crippen LogP contribution in [0.25, 0.3) is 0 Å². The molecule has 0 aliphatic heterocycles. The normalized spacial score (nSPS) is 39.3. The zero-order chi connectivity index (χ0) is 8.77. The molecule has 2 saturated carbocycles. The highest BCUT2D eigenvalue weighted by Crippen LogP contribution is 2.60. The first-order valence-corrected chi connectivity index (χ1v) is 4.37. The number of rotatable bonds is 3. The van der Waals surface area contributed by atoms with Crippen LogP contribution in [0.4, 0.5) is 0 Å². The Morgan fingerprint density at radius 2 is 2.08 bits per heavy atom. The van der Waals surface area contributed by atoms with E-state index in [9.17, 15) is 4.79 Å². The second-order valence-corrected chi connectivity index (χ2v) is 3.71. The van der Waals surface area contributed by atoms with Crippen LogP contribution in [0.5, 0.6) is 0 Å². The number of methoxy groups -OCH3 is 2. The van der Waals surface area contributed by atoms with Gasteiger partial charge in [-0.05, 0) is 25.2 Å². The smallest absolute Gasteiger partial charge is 0.311 e. The van der Waals surface area contributed by atoms with Gasteiger partial charge in [-0.1, -0.05) is 0 Å². The molecule has 68 valence electrons. The van der Waals surface area contributed by atoms with Gasteiger partial charge in [-0.3, -0.25) is 4.79 Å². The standard InChI is InChI=1S/C9H14O3/c1-11-8(10)7-5-9(7,12-2)6-3-4-6/h6-7H,3-5H2,1-2H3/t7-,9+/m1/s1. The fraction of sp³-hybridized carbons (Fsp3) is 0.889. The lowest BCUT2D eigenvalue weighted by molar-refractivity contribution is -0.144. The molecule has 0 bridgehead atoms. The van der Waals surface area contributed by atoms with Gasteiger partial charge in [0.1, 0.15) is 0 Å². The lowest BCUT2D eigenvalue weighted by atomic mass is 10.1. The van der Waals surface area contributed by atoms with Crippen LogP contribution in [0.2, 0.25) is 0 Å². The monoisotopic (exact) mass is 170 g/mol. The maximum atomic E-state index is 11.2. The summed E-state index contributed by atoms with van der Waals surface area (Å²) in [6.45, 7) is 0. The summed E-state index contributed by atoms with van der Waals surface area (Å²) in [6.07, 6.45) is 3.28. The van der Waals surface area contributed by atoms with Crippen LogP contribution in [0, 0.1) is 11.8 Å². The summed E-state index contributed by atoms with van der Waals surface area (Å²) in [6, 6.07) is 0. The molecule has 2 rings (SSSR count). The lowest BCUT2D eigenvalue weighted by Crippen LogP contribution is -2.22. The van der Waals surface area contributed by atoms with Crippen LogP contribution in [0.3, 0.4) is 0 Å². The summed E-state index contributed by atoms with van der Waals surface area (Å²) in [4.78, 5) is 11.2. The van der Waals surface area contributed by atoms with Crippen LogP contribution >= 0.6 is 0 Å². The Morgan fingerprint density at radius 3 is 2.50 bits per heavy atom.